The summed E-state index contributed by atoms with van der Waals surface area (Å²) in [7, 11) is 0. The zero-order chi connectivity index (χ0) is 15.6. The standard InChI is InChI=1S/C18H28N2O2/c1-15-5-4-6-17(13-15)22-12-3-2-7-18(21)20-11-9-16-8-10-19-14-16/h4-6,13,16,19H,2-3,7-12,14H2,1H3,(H,20,21). The molecule has 0 aromatic heterocycles. The SMILES string of the molecule is Cc1cccc(OCCCCC(=O)NCCC2CCNC2)c1. The van der Waals surface area contributed by atoms with Gasteiger partial charge in [0.2, 0.25) is 5.91 Å². The Hall–Kier alpha value is -1.55. The van der Waals surface area contributed by atoms with Crippen LogP contribution >= 0.6 is 0 Å². The van der Waals surface area contributed by atoms with E-state index in [1.54, 1.807) is 0 Å². The zero-order valence-electron chi connectivity index (χ0n) is 13.6. The largest absolute Gasteiger partial charge is 0.494 e. The van der Waals surface area contributed by atoms with Gasteiger partial charge >= 0.3 is 0 Å². The highest BCUT2D eigenvalue weighted by molar-refractivity contribution is 5.75. The van der Waals surface area contributed by atoms with Crippen molar-refractivity contribution in [1.82, 2.24) is 10.6 Å². The minimum atomic E-state index is 0.168. The van der Waals surface area contributed by atoms with Crippen molar-refractivity contribution >= 4 is 5.91 Å². The van der Waals surface area contributed by atoms with E-state index in [-0.39, 0.29) is 5.91 Å². The summed E-state index contributed by atoms with van der Waals surface area (Å²) in [6.07, 6.45) is 4.72. The van der Waals surface area contributed by atoms with Crippen molar-refractivity contribution in [2.24, 2.45) is 5.92 Å². The van der Waals surface area contributed by atoms with Crippen molar-refractivity contribution in [3.05, 3.63) is 29.8 Å². The fraction of sp³-hybridized carbons (Fsp3) is 0.611. The van der Waals surface area contributed by atoms with Crippen molar-refractivity contribution < 1.29 is 9.53 Å². The monoisotopic (exact) mass is 304 g/mol. The fourth-order valence-electron chi connectivity index (χ4n) is 2.75. The Kier molecular flexibility index (Phi) is 7.23. The molecule has 1 heterocycles. The second-order valence-corrected chi connectivity index (χ2v) is 6.12. The third-order valence-corrected chi connectivity index (χ3v) is 4.09. The molecule has 1 fully saturated rings. The minimum absolute atomic E-state index is 0.168. The predicted molar refractivity (Wildman–Crippen MR) is 89.1 cm³/mol. The van der Waals surface area contributed by atoms with Crippen LogP contribution in [0.15, 0.2) is 24.3 Å². The Bertz CT molecular complexity index is 456. The summed E-state index contributed by atoms with van der Waals surface area (Å²) in [6.45, 7) is 5.76. The van der Waals surface area contributed by atoms with Crippen LogP contribution in [0.2, 0.25) is 0 Å². The third-order valence-electron chi connectivity index (χ3n) is 4.09. The van der Waals surface area contributed by atoms with Crippen molar-refractivity contribution in [1.29, 1.82) is 0 Å². The van der Waals surface area contributed by atoms with Gasteiger partial charge in [0.15, 0.2) is 0 Å². The van der Waals surface area contributed by atoms with Gasteiger partial charge in [-0.15, -0.1) is 0 Å². The minimum Gasteiger partial charge on any atom is -0.494 e. The molecule has 0 spiro atoms. The van der Waals surface area contributed by atoms with E-state index < -0.39 is 0 Å². The Labute approximate surface area is 133 Å². The van der Waals surface area contributed by atoms with Crippen molar-refractivity contribution in [3.8, 4) is 5.75 Å². The number of carbonyl (C=O) groups excluding carboxylic acids is 1. The second-order valence-electron chi connectivity index (χ2n) is 6.12. The molecular weight excluding hydrogens is 276 g/mol. The van der Waals surface area contributed by atoms with Gasteiger partial charge < -0.3 is 15.4 Å². The van der Waals surface area contributed by atoms with Crippen LogP contribution in [0, 0.1) is 12.8 Å². The first kappa shape index (κ1) is 16.8. The van der Waals surface area contributed by atoms with Crippen LogP contribution in [0.25, 0.3) is 0 Å². The van der Waals surface area contributed by atoms with Gasteiger partial charge in [-0.3, -0.25) is 4.79 Å². The van der Waals surface area contributed by atoms with Crippen molar-refractivity contribution in [2.45, 2.75) is 39.0 Å². The molecule has 1 amide bonds. The number of unbranched alkanes of at least 4 members (excludes halogenated alkanes) is 1. The van der Waals surface area contributed by atoms with Gasteiger partial charge in [-0.2, -0.15) is 0 Å². The summed E-state index contributed by atoms with van der Waals surface area (Å²) < 4.78 is 5.68. The Balaban J connectivity index is 1.46. The van der Waals surface area contributed by atoms with Gasteiger partial charge in [-0.1, -0.05) is 12.1 Å². The zero-order valence-corrected chi connectivity index (χ0v) is 13.6. The van der Waals surface area contributed by atoms with Crippen LogP contribution in [0.4, 0.5) is 0 Å². The quantitative estimate of drug-likeness (QED) is 0.690. The number of nitrogens with one attached hydrogen (secondary N) is 2. The molecule has 0 radical (unpaired) electrons. The molecule has 0 aliphatic carbocycles. The van der Waals surface area contributed by atoms with Crippen LogP contribution in [0.3, 0.4) is 0 Å². The third kappa shape index (κ3) is 6.48. The molecule has 1 atom stereocenters. The van der Waals surface area contributed by atoms with E-state index in [1.165, 1.54) is 12.0 Å². The predicted octanol–water partition coefficient (Wildman–Crippen LogP) is 2.66. The van der Waals surface area contributed by atoms with E-state index in [2.05, 4.69) is 23.6 Å². The summed E-state index contributed by atoms with van der Waals surface area (Å²) in [4.78, 5) is 11.7. The lowest BCUT2D eigenvalue weighted by molar-refractivity contribution is -0.121. The highest BCUT2D eigenvalue weighted by Gasteiger charge is 2.13. The molecule has 1 saturated heterocycles. The molecule has 122 valence electrons. The van der Waals surface area contributed by atoms with E-state index >= 15 is 0 Å². The molecular formula is C18H28N2O2. The smallest absolute Gasteiger partial charge is 0.219 e. The van der Waals surface area contributed by atoms with Gasteiger partial charge in [0, 0.05) is 13.0 Å². The number of carbonyl (C=O) groups is 1. The molecule has 0 saturated carbocycles. The molecule has 4 heteroatoms. The average Bonchev–Trinajstić information content (AvgIpc) is 3.00. The topological polar surface area (TPSA) is 50.4 Å². The molecule has 1 aromatic rings. The molecule has 2 N–H and O–H groups in total. The maximum atomic E-state index is 11.7. The van der Waals surface area contributed by atoms with Crippen LogP contribution in [0.5, 0.6) is 5.75 Å². The normalized spacial score (nSPS) is 17.4. The van der Waals surface area contributed by atoms with E-state index in [9.17, 15) is 4.79 Å². The summed E-state index contributed by atoms with van der Waals surface area (Å²) in [5, 5.41) is 6.37. The van der Waals surface area contributed by atoms with Gasteiger partial charge in [0.1, 0.15) is 5.75 Å². The number of amides is 1. The number of ether oxygens (including phenoxy) is 1. The van der Waals surface area contributed by atoms with Gasteiger partial charge in [-0.25, -0.2) is 0 Å². The molecule has 1 aliphatic rings. The van der Waals surface area contributed by atoms with Crippen LogP contribution in [-0.4, -0.2) is 32.1 Å². The Morgan fingerprint density at radius 2 is 2.32 bits per heavy atom. The lowest BCUT2D eigenvalue weighted by Crippen LogP contribution is -2.26. The van der Waals surface area contributed by atoms with E-state index in [1.807, 2.05) is 18.2 Å². The lowest BCUT2D eigenvalue weighted by atomic mass is 10.1. The van der Waals surface area contributed by atoms with Crippen LogP contribution in [0.1, 0.15) is 37.7 Å². The first-order valence-electron chi connectivity index (χ1n) is 8.41. The highest BCUT2D eigenvalue weighted by atomic mass is 16.5. The number of hydrogen-bond acceptors (Lipinski definition) is 3. The highest BCUT2D eigenvalue weighted by Crippen LogP contribution is 2.13. The van der Waals surface area contributed by atoms with Crippen molar-refractivity contribution in [3.63, 3.8) is 0 Å². The molecule has 22 heavy (non-hydrogen) atoms. The Morgan fingerprint density at radius 1 is 1.41 bits per heavy atom. The summed E-state index contributed by atoms with van der Waals surface area (Å²) in [6, 6.07) is 8.05. The van der Waals surface area contributed by atoms with E-state index in [0.717, 1.165) is 50.6 Å². The van der Waals surface area contributed by atoms with Gasteiger partial charge in [0.05, 0.1) is 6.61 Å². The van der Waals surface area contributed by atoms with Crippen LogP contribution < -0.4 is 15.4 Å². The van der Waals surface area contributed by atoms with Crippen molar-refractivity contribution in [2.75, 3.05) is 26.2 Å². The van der Waals surface area contributed by atoms with Gasteiger partial charge in [0.25, 0.3) is 0 Å². The summed E-state index contributed by atoms with van der Waals surface area (Å²) >= 11 is 0. The average molecular weight is 304 g/mol. The van der Waals surface area contributed by atoms with E-state index in [4.69, 9.17) is 4.74 Å². The Morgan fingerprint density at radius 3 is 3.09 bits per heavy atom. The number of rotatable bonds is 9. The summed E-state index contributed by atoms with van der Waals surface area (Å²) in [5.74, 6) is 1.82. The van der Waals surface area contributed by atoms with E-state index in [0.29, 0.717) is 13.0 Å². The summed E-state index contributed by atoms with van der Waals surface area (Å²) in [5.41, 5.74) is 1.20. The number of benzene rings is 1. The molecule has 0 bridgehead atoms. The second kappa shape index (κ2) is 9.46. The molecule has 1 unspecified atom stereocenters. The first-order chi connectivity index (χ1) is 10.7. The fourth-order valence-corrected chi connectivity index (χ4v) is 2.75. The molecule has 1 aliphatic heterocycles. The molecule has 1 aromatic carbocycles. The maximum absolute atomic E-state index is 11.7. The molecule has 4 nitrogen and oxygen atoms in total. The van der Waals surface area contributed by atoms with Gasteiger partial charge in [-0.05, 0) is 69.3 Å². The number of hydrogen-bond donors (Lipinski definition) is 2. The first-order valence-corrected chi connectivity index (χ1v) is 8.41. The number of aryl methyl sites for hydroxylation is 1. The molecule has 2 rings (SSSR count). The lowest BCUT2D eigenvalue weighted by Gasteiger charge is -2.09. The maximum Gasteiger partial charge on any atom is 0.219 e. The van der Waals surface area contributed by atoms with Crippen LogP contribution in [-0.2, 0) is 4.79 Å².